The van der Waals surface area contributed by atoms with Crippen molar-refractivity contribution < 1.29 is 14.3 Å². The van der Waals surface area contributed by atoms with Gasteiger partial charge in [-0.3, -0.25) is 4.79 Å². The van der Waals surface area contributed by atoms with Crippen LogP contribution in [0.4, 0.5) is 0 Å². The summed E-state index contributed by atoms with van der Waals surface area (Å²) in [5.41, 5.74) is 2.19. The van der Waals surface area contributed by atoms with Crippen LogP contribution in [0.2, 0.25) is 0 Å². The van der Waals surface area contributed by atoms with E-state index in [2.05, 4.69) is 11.9 Å². The van der Waals surface area contributed by atoms with Gasteiger partial charge in [-0.25, -0.2) is 0 Å². The molecule has 4 heteroatoms. The number of hydrogen-bond acceptors (Lipinski definition) is 3. The van der Waals surface area contributed by atoms with E-state index in [4.69, 9.17) is 9.47 Å². The minimum absolute atomic E-state index is 0.0698. The molecule has 0 radical (unpaired) electrons. The van der Waals surface area contributed by atoms with E-state index in [9.17, 15) is 4.79 Å². The zero-order valence-electron chi connectivity index (χ0n) is 11.4. The molecule has 0 saturated heterocycles. The lowest BCUT2D eigenvalue weighted by Gasteiger charge is -2.30. The van der Waals surface area contributed by atoms with Crippen molar-refractivity contribution in [2.24, 2.45) is 0 Å². The predicted molar refractivity (Wildman–Crippen MR) is 73.8 cm³/mol. The summed E-state index contributed by atoms with van der Waals surface area (Å²) in [6.07, 6.45) is 3.34. The Bertz CT molecular complexity index is 496. The van der Waals surface area contributed by atoms with Gasteiger partial charge >= 0.3 is 0 Å². The second kappa shape index (κ2) is 5.78. The molecule has 19 heavy (non-hydrogen) atoms. The number of nitrogens with one attached hydrogen (secondary N) is 1. The van der Waals surface area contributed by atoms with Crippen LogP contribution in [0.5, 0.6) is 11.5 Å². The first-order valence-corrected chi connectivity index (χ1v) is 6.34. The molecule has 0 unspecified atom stereocenters. The van der Waals surface area contributed by atoms with Gasteiger partial charge in [0.15, 0.2) is 11.5 Å². The zero-order chi connectivity index (χ0) is 13.8. The van der Waals surface area contributed by atoms with Gasteiger partial charge in [0.1, 0.15) is 0 Å². The first-order chi connectivity index (χ1) is 9.21. The summed E-state index contributed by atoms with van der Waals surface area (Å²) in [6.45, 7) is 4.27. The van der Waals surface area contributed by atoms with Gasteiger partial charge in [-0.15, -0.1) is 6.58 Å². The van der Waals surface area contributed by atoms with Crippen LogP contribution >= 0.6 is 0 Å². The van der Waals surface area contributed by atoms with Gasteiger partial charge in [-0.1, -0.05) is 6.08 Å². The van der Waals surface area contributed by atoms with Crippen molar-refractivity contribution in [3.63, 3.8) is 0 Å². The highest BCUT2D eigenvalue weighted by Crippen LogP contribution is 2.42. The molecule has 1 aliphatic rings. The molecule has 2 rings (SSSR count). The third kappa shape index (κ3) is 2.57. The molecule has 0 heterocycles. The Morgan fingerprint density at radius 1 is 1.42 bits per heavy atom. The minimum Gasteiger partial charge on any atom is -0.493 e. The van der Waals surface area contributed by atoms with Crippen LogP contribution in [-0.4, -0.2) is 26.7 Å². The molecule has 1 aromatic rings. The molecule has 1 amide bonds. The SMILES string of the molecule is C=CCCNC(=O)[C@H]1Cc2cc(OC)c(OC)cc21. The summed E-state index contributed by atoms with van der Waals surface area (Å²) in [6, 6.07) is 3.84. The van der Waals surface area contributed by atoms with Crippen LogP contribution in [0.3, 0.4) is 0 Å². The van der Waals surface area contributed by atoms with E-state index in [1.165, 1.54) is 0 Å². The summed E-state index contributed by atoms with van der Waals surface area (Å²) in [5.74, 6) is 1.39. The molecule has 102 valence electrons. The first-order valence-electron chi connectivity index (χ1n) is 6.34. The smallest absolute Gasteiger partial charge is 0.227 e. The molecule has 1 N–H and O–H groups in total. The molecule has 0 fully saturated rings. The van der Waals surface area contributed by atoms with Gasteiger partial charge < -0.3 is 14.8 Å². The highest BCUT2D eigenvalue weighted by atomic mass is 16.5. The third-order valence-corrected chi connectivity index (χ3v) is 3.41. The third-order valence-electron chi connectivity index (χ3n) is 3.41. The average Bonchev–Trinajstić information content (AvgIpc) is 2.40. The molecular weight excluding hydrogens is 242 g/mol. The lowest BCUT2D eigenvalue weighted by Crippen LogP contribution is -2.35. The molecular formula is C15H19NO3. The molecule has 0 saturated carbocycles. The Morgan fingerprint density at radius 2 is 2.11 bits per heavy atom. The van der Waals surface area contributed by atoms with Crippen molar-refractivity contribution in [2.75, 3.05) is 20.8 Å². The number of carbonyl (C=O) groups excluding carboxylic acids is 1. The number of carbonyl (C=O) groups is 1. The Labute approximate surface area is 113 Å². The fourth-order valence-corrected chi connectivity index (χ4v) is 2.29. The van der Waals surface area contributed by atoms with Crippen molar-refractivity contribution in [1.29, 1.82) is 0 Å². The second-order valence-electron chi connectivity index (χ2n) is 4.53. The van der Waals surface area contributed by atoms with Gasteiger partial charge in [-0.2, -0.15) is 0 Å². The molecule has 4 nitrogen and oxygen atoms in total. The lowest BCUT2D eigenvalue weighted by atomic mass is 9.76. The quantitative estimate of drug-likeness (QED) is 0.629. The summed E-state index contributed by atoms with van der Waals surface area (Å²) in [5, 5.41) is 2.91. The van der Waals surface area contributed by atoms with Crippen molar-refractivity contribution in [1.82, 2.24) is 5.32 Å². The summed E-state index contributed by atoms with van der Waals surface area (Å²) in [7, 11) is 3.21. The first kappa shape index (κ1) is 13.5. The predicted octanol–water partition coefficient (Wildman–Crippen LogP) is 2.04. The molecule has 1 atom stereocenters. The number of fused-ring (bicyclic) bond motifs is 1. The van der Waals surface area contributed by atoms with E-state index >= 15 is 0 Å². The van der Waals surface area contributed by atoms with Crippen LogP contribution < -0.4 is 14.8 Å². The number of benzene rings is 1. The Balaban J connectivity index is 2.10. The molecule has 0 aliphatic heterocycles. The number of hydrogen-bond donors (Lipinski definition) is 1. The molecule has 1 aromatic carbocycles. The number of methoxy groups -OCH3 is 2. The fraction of sp³-hybridized carbons (Fsp3) is 0.400. The van der Waals surface area contributed by atoms with Crippen molar-refractivity contribution in [3.05, 3.63) is 35.9 Å². The lowest BCUT2D eigenvalue weighted by molar-refractivity contribution is -0.123. The van der Waals surface area contributed by atoms with E-state index in [0.29, 0.717) is 18.0 Å². The maximum absolute atomic E-state index is 12.0. The number of amides is 1. The maximum Gasteiger partial charge on any atom is 0.227 e. The van der Waals surface area contributed by atoms with Gasteiger partial charge in [0.05, 0.1) is 20.1 Å². The van der Waals surface area contributed by atoms with Crippen molar-refractivity contribution in [2.45, 2.75) is 18.8 Å². The monoisotopic (exact) mass is 261 g/mol. The Hall–Kier alpha value is -1.97. The van der Waals surface area contributed by atoms with E-state index in [-0.39, 0.29) is 11.8 Å². The Kier molecular flexibility index (Phi) is 4.10. The zero-order valence-corrected chi connectivity index (χ0v) is 11.4. The number of rotatable bonds is 6. The fourth-order valence-electron chi connectivity index (χ4n) is 2.29. The van der Waals surface area contributed by atoms with E-state index in [0.717, 1.165) is 24.0 Å². The van der Waals surface area contributed by atoms with E-state index in [1.54, 1.807) is 20.3 Å². The average molecular weight is 261 g/mol. The van der Waals surface area contributed by atoms with Crippen molar-refractivity contribution in [3.8, 4) is 11.5 Å². The highest BCUT2D eigenvalue weighted by Gasteiger charge is 2.33. The minimum atomic E-state index is -0.0698. The highest BCUT2D eigenvalue weighted by molar-refractivity contribution is 5.87. The van der Waals surface area contributed by atoms with Crippen LogP contribution in [0.1, 0.15) is 23.5 Å². The molecule has 0 spiro atoms. The van der Waals surface area contributed by atoms with Gasteiger partial charge in [0.2, 0.25) is 5.91 Å². The standard InChI is InChI=1S/C15H19NO3/c1-4-5-6-16-15(17)12-7-10-8-13(18-2)14(19-3)9-11(10)12/h4,8-9,12H,1,5-7H2,2-3H3,(H,16,17)/t12-/m0/s1. The molecule has 1 aliphatic carbocycles. The topological polar surface area (TPSA) is 47.6 Å². The van der Waals surface area contributed by atoms with Gasteiger partial charge in [0, 0.05) is 6.54 Å². The van der Waals surface area contributed by atoms with E-state index in [1.807, 2.05) is 12.1 Å². The van der Waals surface area contributed by atoms with Crippen LogP contribution in [0.25, 0.3) is 0 Å². The van der Waals surface area contributed by atoms with Gasteiger partial charge in [-0.05, 0) is 36.1 Å². The summed E-state index contributed by atoms with van der Waals surface area (Å²) < 4.78 is 10.5. The molecule has 0 aromatic heterocycles. The maximum atomic E-state index is 12.0. The van der Waals surface area contributed by atoms with E-state index < -0.39 is 0 Å². The van der Waals surface area contributed by atoms with Crippen LogP contribution in [0.15, 0.2) is 24.8 Å². The van der Waals surface area contributed by atoms with Crippen molar-refractivity contribution >= 4 is 5.91 Å². The van der Waals surface area contributed by atoms with Gasteiger partial charge in [0.25, 0.3) is 0 Å². The Morgan fingerprint density at radius 3 is 2.74 bits per heavy atom. The summed E-state index contributed by atoms with van der Waals surface area (Å²) >= 11 is 0. The second-order valence-corrected chi connectivity index (χ2v) is 4.53. The van der Waals surface area contributed by atoms with Crippen LogP contribution in [-0.2, 0) is 11.2 Å². The summed E-state index contributed by atoms with van der Waals surface area (Å²) in [4.78, 5) is 12.0. The largest absolute Gasteiger partial charge is 0.493 e. The number of ether oxygens (including phenoxy) is 2. The molecule has 0 bridgehead atoms. The normalized spacial score (nSPS) is 16.0. The van der Waals surface area contributed by atoms with Crippen LogP contribution in [0, 0.1) is 0 Å².